The van der Waals surface area contributed by atoms with Crippen LogP contribution in [0.2, 0.25) is 0 Å². The van der Waals surface area contributed by atoms with E-state index in [-0.39, 0.29) is 12.5 Å². The van der Waals surface area contributed by atoms with Crippen LogP contribution in [0.15, 0.2) is 54.9 Å². The van der Waals surface area contributed by atoms with E-state index in [9.17, 15) is 9.59 Å². The molecule has 0 bridgehead atoms. The Balaban J connectivity index is 1.77. The molecule has 0 spiro atoms. The van der Waals surface area contributed by atoms with Crippen LogP contribution in [0.1, 0.15) is 12.5 Å². The van der Waals surface area contributed by atoms with Crippen LogP contribution in [0.3, 0.4) is 0 Å². The van der Waals surface area contributed by atoms with Gasteiger partial charge >= 0.3 is 6.09 Å². The molecule has 0 fully saturated rings. The molecule has 2 rings (SSSR count). The molecule has 1 aromatic carbocycles. The number of pyridine rings is 1. The van der Waals surface area contributed by atoms with E-state index in [1.54, 1.807) is 25.3 Å². The first kappa shape index (κ1) is 15.5. The Bertz CT molecular complexity index is 617. The number of nitrogens with one attached hydrogen (secondary N) is 2. The number of alkyl carbamates (subject to hydrolysis) is 1. The topological polar surface area (TPSA) is 80.3 Å². The molecule has 0 aliphatic heterocycles. The lowest BCUT2D eigenvalue weighted by Gasteiger charge is -2.14. The summed E-state index contributed by atoms with van der Waals surface area (Å²) < 4.78 is 5.06. The van der Waals surface area contributed by atoms with E-state index in [1.807, 2.05) is 30.3 Å². The molecule has 1 aromatic heterocycles. The predicted octanol–water partition coefficient (Wildman–Crippen LogP) is 2.33. The van der Waals surface area contributed by atoms with Crippen molar-refractivity contribution in [2.24, 2.45) is 0 Å². The van der Waals surface area contributed by atoms with Gasteiger partial charge in [-0.25, -0.2) is 4.79 Å². The van der Waals surface area contributed by atoms with Crippen molar-refractivity contribution in [3.05, 3.63) is 60.4 Å². The molecule has 1 heterocycles. The first-order valence-electron chi connectivity index (χ1n) is 6.83. The second-order valence-electron chi connectivity index (χ2n) is 4.66. The lowest BCUT2D eigenvalue weighted by Crippen LogP contribution is -2.41. The third-order valence-corrected chi connectivity index (χ3v) is 2.87. The van der Waals surface area contributed by atoms with Crippen molar-refractivity contribution in [1.82, 2.24) is 10.3 Å². The van der Waals surface area contributed by atoms with Crippen molar-refractivity contribution >= 4 is 17.7 Å². The van der Waals surface area contributed by atoms with E-state index in [2.05, 4.69) is 15.6 Å². The number of carbonyl (C=O) groups is 2. The van der Waals surface area contributed by atoms with Gasteiger partial charge in [-0.05, 0) is 24.6 Å². The van der Waals surface area contributed by atoms with E-state index in [0.717, 1.165) is 5.56 Å². The molecule has 0 saturated heterocycles. The summed E-state index contributed by atoms with van der Waals surface area (Å²) >= 11 is 0. The van der Waals surface area contributed by atoms with Gasteiger partial charge in [0.25, 0.3) is 0 Å². The summed E-state index contributed by atoms with van der Waals surface area (Å²) in [5.41, 5.74) is 1.45. The van der Waals surface area contributed by atoms with Gasteiger partial charge in [-0.3, -0.25) is 9.78 Å². The van der Waals surface area contributed by atoms with Gasteiger partial charge in [0.15, 0.2) is 0 Å². The lowest BCUT2D eigenvalue weighted by molar-refractivity contribution is -0.117. The van der Waals surface area contributed by atoms with E-state index in [4.69, 9.17) is 4.74 Å². The number of nitrogens with zero attached hydrogens (tertiary/aromatic N) is 1. The van der Waals surface area contributed by atoms with Crippen LogP contribution >= 0.6 is 0 Å². The number of anilines is 1. The summed E-state index contributed by atoms with van der Waals surface area (Å²) in [6, 6.07) is 12.0. The minimum Gasteiger partial charge on any atom is -0.445 e. The zero-order chi connectivity index (χ0) is 15.8. The van der Waals surface area contributed by atoms with Crippen LogP contribution in [0.25, 0.3) is 0 Å². The van der Waals surface area contributed by atoms with E-state index in [0.29, 0.717) is 5.69 Å². The number of carbonyl (C=O) groups excluding carboxylic acids is 2. The Morgan fingerprint density at radius 3 is 2.64 bits per heavy atom. The number of ether oxygens (including phenoxy) is 1. The highest BCUT2D eigenvalue weighted by atomic mass is 16.5. The maximum Gasteiger partial charge on any atom is 0.408 e. The van der Waals surface area contributed by atoms with Crippen LogP contribution in [0.4, 0.5) is 10.5 Å². The number of hydrogen-bond acceptors (Lipinski definition) is 4. The van der Waals surface area contributed by atoms with Gasteiger partial charge in [-0.2, -0.15) is 0 Å². The molecule has 6 nitrogen and oxygen atoms in total. The number of benzene rings is 1. The minimum absolute atomic E-state index is 0.156. The molecule has 22 heavy (non-hydrogen) atoms. The fraction of sp³-hybridized carbons (Fsp3) is 0.188. The van der Waals surface area contributed by atoms with Gasteiger partial charge < -0.3 is 15.4 Å². The van der Waals surface area contributed by atoms with Gasteiger partial charge in [-0.1, -0.05) is 30.3 Å². The zero-order valence-electron chi connectivity index (χ0n) is 12.2. The minimum atomic E-state index is -0.719. The van der Waals surface area contributed by atoms with Crippen LogP contribution in [-0.4, -0.2) is 23.0 Å². The van der Waals surface area contributed by atoms with Crippen molar-refractivity contribution < 1.29 is 14.3 Å². The second kappa shape index (κ2) is 7.78. The highest BCUT2D eigenvalue weighted by Gasteiger charge is 2.16. The predicted molar refractivity (Wildman–Crippen MR) is 82.1 cm³/mol. The van der Waals surface area contributed by atoms with Crippen molar-refractivity contribution in [3.8, 4) is 0 Å². The molecule has 0 aliphatic carbocycles. The number of aromatic nitrogens is 1. The average molecular weight is 299 g/mol. The number of hydrogen-bond donors (Lipinski definition) is 2. The number of amides is 2. The number of rotatable bonds is 5. The van der Waals surface area contributed by atoms with Crippen LogP contribution in [-0.2, 0) is 16.1 Å². The van der Waals surface area contributed by atoms with Crippen LogP contribution < -0.4 is 10.6 Å². The van der Waals surface area contributed by atoms with E-state index < -0.39 is 12.1 Å². The van der Waals surface area contributed by atoms with Gasteiger partial charge in [0, 0.05) is 6.20 Å². The first-order chi connectivity index (χ1) is 10.6. The molecule has 0 radical (unpaired) electrons. The summed E-state index contributed by atoms with van der Waals surface area (Å²) in [5, 5.41) is 5.13. The largest absolute Gasteiger partial charge is 0.445 e. The van der Waals surface area contributed by atoms with Crippen molar-refractivity contribution in [1.29, 1.82) is 0 Å². The van der Waals surface area contributed by atoms with Gasteiger partial charge in [0.1, 0.15) is 12.6 Å². The third kappa shape index (κ3) is 4.90. The van der Waals surface area contributed by atoms with Gasteiger partial charge in [0.2, 0.25) is 5.91 Å². The maximum absolute atomic E-state index is 11.9. The van der Waals surface area contributed by atoms with E-state index >= 15 is 0 Å². The molecule has 0 unspecified atom stereocenters. The maximum atomic E-state index is 11.9. The molecule has 2 amide bonds. The van der Waals surface area contributed by atoms with Crippen LogP contribution in [0.5, 0.6) is 0 Å². The molecule has 2 aromatic rings. The van der Waals surface area contributed by atoms with Crippen molar-refractivity contribution in [3.63, 3.8) is 0 Å². The fourth-order valence-corrected chi connectivity index (χ4v) is 1.69. The molecular weight excluding hydrogens is 282 g/mol. The van der Waals surface area contributed by atoms with Gasteiger partial charge in [0.05, 0.1) is 11.9 Å². The lowest BCUT2D eigenvalue weighted by atomic mass is 10.2. The summed E-state index contributed by atoms with van der Waals surface area (Å²) in [6.07, 6.45) is 2.49. The molecule has 114 valence electrons. The molecule has 0 saturated carbocycles. The smallest absolute Gasteiger partial charge is 0.408 e. The Kier molecular flexibility index (Phi) is 5.48. The molecule has 1 atom stereocenters. The first-order valence-corrected chi connectivity index (χ1v) is 6.83. The van der Waals surface area contributed by atoms with Gasteiger partial charge in [-0.15, -0.1) is 0 Å². The zero-order valence-corrected chi connectivity index (χ0v) is 12.2. The molecule has 2 N–H and O–H groups in total. The summed E-state index contributed by atoms with van der Waals surface area (Å²) in [6.45, 7) is 1.74. The summed E-state index contributed by atoms with van der Waals surface area (Å²) in [4.78, 5) is 27.5. The summed E-state index contributed by atoms with van der Waals surface area (Å²) in [5.74, 6) is -0.343. The Morgan fingerprint density at radius 2 is 1.95 bits per heavy atom. The van der Waals surface area contributed by atoms with E-state index in [1.165, 1.54) is 6.20 Å². The highest BCUT2D eigenvalue weighted by molar-refractivity contribution is 5.96. The third-order valence-electron chi connectivity index (χ3n) is 2.87. The Labute approximate surface area is 128 Å². The molecular formula is C16H17N3O3. The Hall–Kier alpha value is -2.89. The monoisotopic (exact) mass is 299 g/mol. The highest BCUT2D eigenvalue weighted by Crippen LogP contribution is 2.04. The quantitative estimate of drug-likeness (QED) is 0.888. The van der Waals surface area contributed by atoms with Crippen LogP contribution in [0, 0.1) is 0 Å². The standard InChI is InChI=1S/C16H17N3O3/c1-12(15(20)19-14-8-5-9-17-10-14)18-16(21)22-11-13-6-3-2-4-7-13/h2-10,12H,11H2,1H3,(H,18,21)(H,19,20)/t12-/m1/s1. The Morgan fingerprint density at radius 1 is 1.18 bits per heavy atom. The molecule has 0 aliphatic rings. The SMILES string of the molecule is C[C@@H](NC(=O)OCc1ccccc1)C(=O)Nc1cccnc1. The fourth-order valence-electron chi connectivity index (χ4n) is 1.69. The normalized spacial score (nSPS) is 11.3. The summed E-state index contributed by atoms with van der Waals surface area (Å²) in [7, 11) is 0. The average Bonchev–Trinajstić information content (AvgIpc) is 2.55. The van der Waals surface area contributed by atoms with Crippen molar-refractivity contribution in [2.75, 3.05) is 5.32 Å². The van der Waals surface area contributed by atoms with Crippen molar-refractivity contribution in [2.45, 2.75) is 19.6 Å². The second-order valence-corrected chi connectivity index (χ2v) is 4.66. The molecule has 6 heteroatoms.